The van der Waals surface area contributed by atoms with Gasteiger partial charge in [0.2, 0.25) is 0 Å². The standard InChI is InChI=1S/C13H15F3N4/c1-9(2)18-8-10-4-3-6-17-12(10)20-7-5-11(19-20)13(14,15)16/h3-7,9,18H,8H2,1-2H3. The maximum absolute atomic E-state index is 12.6. The number of rotatable bonds is 4. The maximum atomic E-state index is 12.6. The van der Waals surface area contributed by atoms with Crippen molar-refractivity contribution in [2.45, 2.75) is 32.6 Å². The van der Waals surface area contributed by atoms with E-state index in [0.717, 1.165) is 16.3 Å². The van der Waals surface area contributed by atoms with E-state index in [1.807, 2.05) is 19.9 Å². The van der Waals surface area contributed by atoms with Crippen LogP contribution in [0.5, 0.6) is 0 Å². The van der Waals surface area contributed by atoms with Crippen molar-refractivity contribution in [1.29, 1.82) is 0 Å². The molecular formula is C13H15F3N4. The lowest BCUT2D eigenvalue weighted by atomic mass is 10.2. The Bertz CT molecular complexity index is 575. The third-order valence-corrected chi connectivity index (χ3v) is 2.66. The number of halogens is 3. The summed E-state index contributed by atoms with van der Waals surface area (Å²) in [5.41, 5.74) is -0.135. The number of nitrogens with one attached hydrogen (secondary N) is 1. The van der Waals surface area contributed by atoms with Crippen LogP contribution in [0.25, 0.3) is 5.82 Å². The van der Waals surface area contributed by atoms with E-state index in [1.165, 1.54) is 12.4 Å². The van der Waals surface area contributed by atoms with Crippen molar-refractivity contribution in [1.82, 2.24) is 20.1 Å². The van der Waals surface area contributed by atoms with Gasteiger partial charge in [0.15, 0.2) is 11.5 Å². The van der Waals surface area contributed by atoms with Crippen molar-refractivity contribution in [3.63, 3.8) is 0 Å². The van der Waals surface area contributed by atoms with Gasteiger partial charge in [-0.2, -0.15) is 18.3 Å². The average Bonchev–Trinajstić information content (AvgIpc) is 2.86. The molecule has 0 spiro atoms. The van der Waals surface area contributed by atoms with Gasteiger partial charge in [-0.25, -0.2) is 9.67 Å². The normalized spacial score (nSPS) is 12.1. The van der Waals surface area contributed by atoms with E-state index in [1.54, 1.807) is 6.07 Å². The molecule has 0 aromatic carbocycles. The van der Waals surface area contributed by atoms with Gasteiger partial charge < -0.3 is 5.32 Å². The SMILES string of the molecule is CC(C)NCc1cccnc1-n1ccc(C(F)(F)F)n1. The topological polar surface area (TPSA) is 42.7 Å². The van der Waals surface area contributed by atoms with Crippen molar-refractivity contribution >= 4 is 0 Å². The van der Waals surface area contributed by atoms with E-state index < -0.39 is 11.9 Å². The van der Waals surface area contributed by atoms with Gasteiger partial charge in [-0.05, 0) is 12.1 Å². The highest BCUT2D eigenvalue weighted by Crippen LogP contribution is 2.27. The number of pyridine rings is 1. The van der Waals surface area contributed by atoms with Crippen LogP contribution < -0.4 is 5.32 Å². The zero-order chi connectivity index (χ0) is 14.8. The second-order valence-corrected chi connectivity index (χ2v) is 4.67. The summed E-state index contributed by atoms with van der Waals surface area (Å²) < 4.78 is 38.8. The van der Waals surface area contributed by atoms with Crippen molar-refractivity contribution in [2.24, 2.45) is 0 Å². The van der Waals surface area contributed by atoms with Gasteiger partial charge in [-0.15, -0.1) is 0 Å². The molecule has 2 rings (SSSR count). The van der Waals surface area contributed by atoms with E-state index in [9.17, 15) is 13.2 Å². The van der Waals surface area contributed by atoms with Gasteiger partial charge >= 0.3 is 6.18 Å². The highest BCUT2D eigenvalue weighted by Gasteiger charge is 2.33. The van der Waals surface area contributed by atoms with Crippen LogP contribution in [0.3, 0.4) is 0 Å². The van der Waals surface area contributed by atoms with Crippen molar-refractivity contribution in [3.8, 4) is 5.82 Å². The molecule has 0 radical (unpaired) electrons. The Morgan fingerprint density at radius 2 is 2.05 bits per heavy atom. The number of nitrogens with zero attached hydrogens (tertiary/aromatic N) is 3. The van der Waals surface area contributed by atoms with Crippen LogP contribution in [-0.2, 0) is 12.7 Å². The fourth-order valence-corrected chi connectivity index (χ4v) is 1.68. The molecule has 0 saturated carbocycles. The van der Waals surface area contributed by atoms with Crippen LogP contribution in [0.1, 0.15) is 25.1 Å². The molecule has 2 aromatic heterocycles. The number of alkyl halides is 3. The molecule has 0 saturated heterocycles. The molecule has 0 aliphatic carbocycles. The molecule has 0 fully saturated rings. The summed E-state index contributed by atoms with van der Waals surface area (Å²) in [6, 6.07) is 4.77. The minimum Gasteiger partial charge on any atom is -0.310 e. The monoisotopic (exact) mass is 284 g/mol. The molecule has 0 atom stereocenters. The molecule has 0 aliphatic rings. The molecule has 2 aromatic rings. The number of hydrogen-bond acceptors (Lipinski definition) is 3. The third kappa shape index (κ3) is 3.36. The molecule has 0 aliphatic heterocycles. The van der Waals surface area contributed by atoms with Crippen molar-refractivity contribution in [3.05, 3.63) is 41.9 Å². The van der Waals surface area contributed by atoms with Crippen LogP contribution in [0, 0.1) is 0 Å². The van der Waals surface area contributed by atoms with Gasteiger partial charge in [0.05, 0.1) is 0 Å². The Kier molecular flexibility index (Phi) is 4.08. The summed E-state index contributed by atoms with van der Waals surface area (Å²) in [6.07, 6.45) is -1.65. The predicted octanol–water partition coefficient (Wildman–Crippen LogP) is 2.78. The lowest BCUT2D eigenvalue weighted by molar-refractivity contribution is -0.141. The fraction of sp³-hybridized carbons (Fsp3) is 0.385. The van der Waals surface area contributed by atoms with Crippen LogP contribution >= 0.6 is 0 Å². The third-order valence-electron chi connectivity index (χ3n) is 2.66. The first-order valence-corrected chi connectivity index (χ1v) is 6.18. The molecule has 0 bridgehead atoms. The summed E-state index contributed by atoms with van der Waals surface area (Å²) in [4.78, 5) is 4.12. The average molecular weight is 284 g/mol. The quantitative estimate of drug-likeness (QED) is 0.938. The van der Waals surface area contributed by atoms with Gasteiger partial charge in [-0.1, -0.05) is 19.9 Å². The number of hydrogen-bond donors (Lipinski definition) is 1. The molecule has 4 nitrogen and oxygen atoms in total. The Morgan fingerprint density at radius 3 is 2.65 bits per heavy atom. The highest BCUT2D eigenvalue weighted by atomic mass is 19.4. The molecule has 0 amide bonds. The van der Waals surface area contributed by atoms with Crippen LogP contribution in [-0.4, -0.2) is 20.8 Å². The zero-order valence-electron chi connectivity index (χ0n) is 11.1. The van der Waals surface area contributed by atoms with Gasteiger partial charge in [-0.3, -0.25) is 0 Å². The molecule has 1 N–H and O–H groups in total. The Morgan fingerprint density at radius 1 is 1.30 bits per heavy atom. The summed E-state index contributed by atoms with van der Waals surface area (Å²) >= 11 is 0. The van der Waals surface area contributed by atoms with Gasteiger partial charge in [0.25, 0.3) is 0 Å². The van der Waals surface area contributed by atoms with Crippen LogP contribution in [0.4, 0.5) is 13.2 Å². The highest BCUT2D eigenvalue weighted by molar-refractivity contribution is 5.33. The summed E-state index contributed by atoms with van der Waals surface area (Å²) in [5.74, 6) is 0.399. The lowest BCUT2D eigenvalue weighted by Gasteiger charge is -2.11. The smallest absolute Gasteiger partial charge is 0.310 e. The molecule has 2 heterocycles. The fourth-order valence-electron chi connectivity index (χ4n) is 1.68. The Hall–Kier alpha value is -1.89. The number of aromatic nitrogens is 3. The second-order valence-electron chi connectivity index (χ2n) is 4.67. The minimum absolute atomic E-state index is 0.270. The summed E-state index contributed by atoms with van der Waals surface area (Å²) in [6.45, 7) is 4.50. The maximum Gasteiger partial charge on any atom is 0.435 e. The van der Waals surface area contributed by atoms with Gasteiger partial charge in [0.1, 0.15) is 0 Å². The van der Waals surface area contributed by atoms with E-state index in [2.05, 4.69) is 15.4 Å². The second kappa shape index (κ2) is 5.62. The Labute approximate surface area is 114 Å². The summed E-state index contributed by atoms with van der Waals surface area (Å²) in [5, 5.41) is 6.75. The van der Waals surface area contributed by atoms with Crippen LogP contribution in [0.15, 0.2) is 30.6 Å². The first-order valence-electron chi connectivity index (χ1n) is 6.18. The molecule has 108 valence electrons. The van der Waals surface area contributed by atoms with Gasteiger partial charge in [0, 0.05) is 30.5 Å². The van der Waals surface area contributed by atoms with E-state index in [0.29, 0.717) is 12.4 Å². The molecule has 0 unspecified atom stereocenters. The predicted molar refractivity (Wildman–Crippen MR) is 68.3 cm³/mol. The largest absolute Gasteiger partial charge is 0.435 e. The molecular weight excluding hydrogens is 269 g/mol. The zero-order valence-corrected chi connectivity index (χ0v) is 11.1. The van der Waals surface area contributed by atoms with E-state index in [-0.39, 0.29) is 6.04 Å². The molecule has 20 heavy (non-hydrogen) atoms. The Balaban J connectivity index is 2.30. The molecule has 7 heteroatoms. The lowest BCUT2D eigenvalue weighted by Crippen LogP contribution is -2.23. The van der Waals surface area contributed by atoms with E-state index in [4.69, 9.17) is 0 Å². The summed E-state index contributed by atoms with van der Waals surface area (Å²) in [7, 11) is 0. The minimum atomic E-state index is -4.45. The first-order chi connectivity index (χ1) is 9.38. The van der Waals surface area contributed by atoms with Crippen LogP contribution in [0.2, 0.25) is 0 Å². The first kappa shape index (κ1) is 14.5. The van der Waals surface area contributed by atoms with Crippen molar-refractivity contribution < 1.29 is 13.2 Å². The van der Waals surface area contributed by atoms with Crippen molar-refractivity contribution in [2.75, 3.05) is 0 Å². The van der Waals surface area contributed by atoms with E-state index >= 15 is 0 Å².